The zero-order chi connectivity index (χ0) is 23.2. The number of nitrogens with one attached hydrogen (secondary N) is 1. The topological polar surface area (TPSA) is 49.4 Å². The highest BCUT2D eigenvalue weighted by molar-refractivity contribution is 5.93. The van der Waals surface area contributed by atoms with Gasteiger partial charge in [-0.25, -0.2) is 4.39 Å². The van der Waals surface area contributed by atoms with Gasteiger partial charge in [-0.05, 0) is 60.4 Å². The summed E-state index contributed by atoms with van der Waals surface area (Å²) in [5.41, 5.74) is 2.45. The van der Waals surface area contributed by atoms with Crippen LogP contribution in [-0.4, -0.2) is 25.8 Å². The van der Waals surface area contributed by atoms with Crippen molar-refractivity contribution >= 4 is 18.4 Å². The van der Waals surface area contributed by atoms with Gasteiger partial charge < -0.3 is 15.0 Å². The summed E-state index contributed by atoms with van der Waals surface area (Å²) in [5, 5.41) is 3.29. The highest BCUT2D eigenvalue weighted by atomic mass is 19.1. The van der Waals surface area contributed by atoms with Crippen LogP contribution in [0.5, 0.6) is 0 Å². The predicted molar refractivity (Wildman–Crippen MR) is 125 cm³/mol. The van der Waals surface area contributed by atoms with Gasteiger partial charge in [0, 0.05) is 18.8 Å². The molecular formula is C26H35FN2O2. The summed E-state index contributed by atoms with van der Waals surface area (Å²) in [6.07, 6.45) is 3.54. The standard InChI is InChI=1S/C23H27FN2O.C2H6.CH2O/c1-22(2)14-18(15-22)25-21(27)23(12-11-16-7-4-5-10-20(16)23)26(3)19-9-6-8-17(24)13-19;2*1-2/h4-10,13,18H,11-12,14-15H2,1-3H3,(H,25,27);1-2H3;1H2. The van der Waals surface area contributed by atoms with Gasteiger partial charge >= 0.3 is 0 Å². The number of amides is 1. The minimum Gasteiger partial charge on any atom is -0.356 e. The SMILES string of the molecule is C=O.CC.CN(c1cccc(F)c1)C1(C(=O)NC2CC(C)(C)C2)CCc2ccccc21. The van der Waals surface area contributed by atoms with E-state index in [9.17, 15) is 9.18 Å². The van der Waals surface area contributed by atoms with Gasteiger partial charge in [0.2, 0.25) is 0 Å². The molecule has 0 radical (unpaired) electrons. The number of carbonyl (C=O) groups is 2. The maximum absolute atomic E-state index is 13.9. The van der Waals surface area contributed by atoms with E-state index in [-0.39, 0.29) is 17.8 Å². The molecule has 0 aliphatic heterocycles. The van der Waals surface area contributed by atoms with Gasteiger partial charge in [0.1, 0.15) is 18.1 Å². The molecule has 4 nitrogen and oxygen atoms in total. The van der Waals surface area contributed by atoms with Crippen LogP contribution in [0, 0.1) is 11.2 Å². The Labute approximate surface area is 185 Å². The van der Waals surface area contributed by atoms with Crippen LogP contribution < -0.4 is 10.2 Å². The summed E-state index contributed by atoms with van der Waals surface area (Å²) in [7, 11) is 1.90. The first-order valence-electron chi connectivity index (χ1n) is 11.0. The first-order valence-corrected chi connectivity index (χ1v) is 11.0. The molecular weight excluding hydrogens is 391 g/mol. The van der Waals surface area contributed by atoms with Crippen LogP contribution in [0.15, 0.2) is 48.5 Å². The fraction of sp³-hybridized carbons (Fsp3) is 0.462. The summed E-state index contributed by atoms with van der Waals surface area (Å²) < 4.78 is 13.9. The third-order valence-corrected chi connectivity index (χ3v) is 6.30. The van der Waals surface area contributed by atoms with E-state index >= 15 is 0 Å². The van der Waals surface area contributed by atoms with Crippen molar-refractivity contribution in [2.75, 3.05) is 11.9 Å². The number of rotatable bonds is 4. The Hall–Kier alpha value is -2.69. The number of fused-ring (bicyclic) bond motifs is 1. The highest BCUT2D eigenvalue weighted by Crippen LogP contribution is 2.45. The van der Waals surface area contributed by atoms with E-state index in [1.54, 1.807) is 6.07 Å². The summed E-state index contributed by atoms with van der Waals surface area (Å²) in [4.78, 5) is 23.6. The molecule has 1 amide bonds. The van der Waals surface area contributed by atoms with Crippen LogP contribution in [0.1, 0.15) is 58.1 Å². The zero-order valence-electron chi connectivity index (χ0n) is 19.4. The number of benzene rings is 2. The molecule has 1 fully saturated rings. The number of nitrogens with zero attached hydrogens (tertiary/aromatic N) is 1. The zero-order valence-corrected chi connectivity index (χ0v) is 19.4. The molecule has 0 bridgehead atoms. The summed E-state index contributed by atoms with van der Waals surface area (Å²) in [6.45, 7) is 10.5. The largest absolute Gasteiger partial charge is 0.356 e. The van der Waals surface area contributed by atoms with E-state index in [0.717, 1.165) is 30.5 Å². The van der Waals surface area contributed by atoms with Crippen molar-refractivity contribution in [2.24, 2.45) is 5.41 Å². The average Bonchev–Trinajstić information content (AvgIpc) is 3.15. The Morgan fingerprint density at radius 2 is 1.74 bits per heavy atom. The predicted octanol–water partition coefficient (Wildman–Crippen LogP) is 5.25. The van der Waals surface area contributed by atoms with Gasteiger partial charge in [-0.15, -0.1) is 0 Å². The molecule has 2 aromatic carbocycles. The Kier molecular flexibility index (Phi) is 7.99. The fourth-order valence-corrected chi connectivity index (χ4v) is 4.91. The third-order valence-electron chi connectivity index (χ3n) is 6.30. The first-order chi connectivity index (χ1) is 14.8. The molecule has 4 rings (SSSR count). The third kappa shape index (κ3) is 4.81. The minimum atomic E-state index is -0.801. The number of halogens is 1. The van der Waals surface area contributed by atoms with Gasteiger partial charge in [0.15, 0.2) is 0 Å². The number of likely N-dealkylation sites (N-methyl/N-ethyl adjacent to an activating group) is 1. The lowest BCUT2D eigenvalue weighted by molar-refractivity contribution is -0.128. The second-order valence-electron chi connectivity index (χ2n) is 8.80. The Balaban J connectivity index is 0.000000807. The van der Waals surface area contributed by atoms with Crippen molar-refractivity contribution < 1.29 is 14.0 Å². The van der Waals surface area contributed by atoms with E-state index in [4.69, 9.17) is 4.79 Å². The number of carbonyl (C=O) groups excluding carboxylic acids is 2. The van der Waals surface area contributed by atoms with Crippen molar-refractivity contribution in [3.05, 3.63) is 65.5 Å². The lowest BCUT2D eigenvalue weighted by atomic mass is 9.68. The second kappa shape index (κ2) is 10.1. The lowest BCUT2D eigenvalue weighted by Gasteiger charge is -2.46. The van der Waals surface area contributed by atoms with Crippen molar-refractivity contribution in [3.63, 3.8) is 0 Å². The van der Waals surface area contributed by atoms with E-state index in [0.29, 0.717) is 11.8 Å². The van der Waals surface area contributed by atoms with E-state index in [1.807, 2.05) is 56.8 Å². The monoisotopic (exact) mass is 426 g/mol. The first kappa shape index (κ1) is 24.6. The van der Waals surface area contributed by atoms with Crippen molar-refractivity contribution in [1.82, 2.24) is 5.32 Å². The van der Waals surface area contributed by atoms with Crippen LogP contribution in [0.2, 0.25) is 0 Å². The molecule has 1 atom stereocenters. The summed E-state index contributed by atoms with van der Waals surface area (Å²) in [5.74, 6) is -0.262. The van der Waals surface area contributed by atoms with Gasteiger partial charge in [0.05, 0.1) is 0 Å². The molecule has 0 spiro atoms. The van der Waals surface area contributed by atoms with Crippen molar-refractivity contribution in [1.29, 1.82) is 0 Å². The molecule has 2 aromatic rings. The van der Waals surface area contributed by atoms with Gasteiger partial charge in [0.25, 0.3) is 5.91 Å². The molecule has 168 valence electrons. The van der Waals surface area contributed by atoms with E-state index in [2.05, 4.69) is 25.2 Å². The van der Waals surface area contributed by atoms with Crippen LogP contribution in [0.3, 0.4) is 0 Å². The molecule has 0 heterocycles. The van der Waals surface area contributed by atoms with Crippen LogP contribution in [-0.2, 0) is 21.5 Å². The Morgan fingerprint density at radius 1 is 1.10 bits per heavy atom. The average molecular weight is 427 g/mol. The Bertz CT molecular complexity index is 890. The molecule has 2 aliphatic rings. The highest BCUT2D eigenvalue weighted by Gasteiger charge is 2.50. The van der Waals surface area contributed by atoms with E-state index in [1.165, 1.54) is 17.7 Å². The number of aryl methyl sites for hydroxylation is 1. The van der Waals surface area contributed by atoms with Gasteiger partial charge in [-0.3, -0.25) is 4.79 Å². The van der Waals surface area contributed by atoms with Crippen LogP contribution in [0.25, 0.3) is 0 Å². The van der Waals surface area contributed by atoms with Gasteiger partial charge in [-0.2, -0.15) is 0 Å². The quantitative estimate of drug-likeness (QED) is 0.726. The normalized spacial score (nSPS) is 20.7. The molecule has 0 saturated heterocycles. The summed E-state index contributed by atoms with van der Waals surface area (Å²) in [6, 6.07) is 14.9. The molecule has 1 N–H and O–H groups in total. The van der Waals surface area contributed by atoms with Crippen LogP contribution in [0.4, 0.5) is 10.1 Å². The smallest absolute Gasteiger partial charge is 0.250 e. The van der Waals surface area contributed by atoms with E-state index < -0.39 is 5.54 Å². The molecule has 1 saturated carbocycles. The number of hydrogen-bond acceptors (Lipinski definition) is 3. The second-order valence-corrected chi connectivity index (χ2v) is 8.80. The van der Waals surface area contributed by atoms with Gasteiger partial charge in [-0.1, -0.05) is 58.0 Å². The number of hydrogen-bond donors (Lipinski definition) is 1. The minimum absolute atomic E-state index is 0.0275. The summed E-state index contributed by atoms with van der Waals surface area (Å²) >= 11 is 0. The maximum atomic E-state index is 13.9. The fourth-order valence-electron chi connectivity index (χ4n) is 4.91. The Morgan fingerprint density at radius 3 is 2.35 bits per heavy atom. The maximum Gasteiger partial charge on any atom is 0.250 e. The lowest BCUT2D eigenvalue weighted by Crippen LogP contribution is -2.59. The van der Waals surface area contributed by atoms with Crippen molar-refractivity contribution in [3.8, 4) is 0 Å². The molecule has 0 aromatic heterocycles. The molecule has 1 unspecified atom stereocenters. The molecule has 31 heavy (non-hydrogen) atoms. The molecule has 2 aliphatic carbocycles. The van der Waals surface area contributed by atoms with Crippen LogP contribution >= 0.6 is 0 Å². The van der Waals surface area contributed by atoms with Crippen molar-refractivity contribution in [2.45, 2.75) is 65.0 Å². The number of anilines is 1. The molecule has 5 heteroatoms.